The Morgan fingerprint density at radius 3 is 2.81 bits per heavy atom. The lowest BCUT2D eigenvalue weighted by molar-refractivity contribution is -0.139. The second-order valence-corrected chi connectivity index (χ2v) is 4.98. The van der Waals surface area contributed by atoms with E-state index in [9.17, 15) is 9.18 Å². The van der Waals surface area contributed by atoms with E-state index in [2.05, 4.69) is 17.2 Å². The predicted molar refractivity (Wildman–Crippen MR) is 77.9 cm³/mol. The highest BCUT2D eigenvalue weighted by Gasteiger charge is 2.26. The van der Waals surface area contributed by atoms with E-state index in [1.165, 1.54) is 13.2 Å². The Balaban J connectivity index is 2.78. The van der Waals surface area contributed by atoms with Gasteiger partial charge < -0.3 is 15.2 Å². The first kappa shape index (κ1) is 17.2. The summed E-state index contributed by atoms with van der Waals surface area (Å²) in [7, 11) is 1.44. The molecule has 2 N–H and O–H groups in total. The molecule has 0 saturated heterocycles. The van der Waals surface area contributed by atoms with E-state index in [-0.39, 0.29) is 19.1 Å². The smallest absolute Gasteiger partial charge is 0.251 e. The fraction of sp³-hybridized carbons (Fsp3) is 0.438. The Morgan fingerprint density at radius 2 is 2.19 bits per heavy atom. The molecule has 4 nitrogen and oxygen atoms in total. The summed E-state index contributed by atoms with van der Waals surface area (Å²) in [4.78, 5) is 11.9. The molecule has 5 heteroatoms. The second-order valence-electron chi connectivity index (χ2n) is 4.98. The summed E-state index contributed by atoms with van der Waals surface area (Å²) >= 11 is 0. The maximum absolute atomic E-state index is 13.7. The van der Waals surface area contributed by atoms with Gasteiger partial charge in [0.05, 0.1) is 6.61 Å². The molecule has 0 radical (unpaired) electrons. The molecule has 0 bridgehead atoms. The molecular formula is C16H20FNO3. The first-order valence-corrected chi connectivity index (χ1v) is 6.62. The number of nitrogens with one attached hydrogen (secondary N) is 1. The number of amides is 1. The average Bonchev–Trinajstić information content (AvgIpc) is 2.47. The highest BCUT2D eigenvalue weighted by atomic mass is 19.1. The van der Waals surface area contributed by atoms with Gasteiger partial charge in [-0.1, -0.05) is 11.8 Å². The van der Waals surface area contributed by atoms with Gasteiger partial charge in [0.15, 0.2) is 0 Å². The summed E-state index contributed by atoms with van der Waals surface area (Å²) in [6.07, 6.45) is 0.367. The summed E-state index contributed by atoms with van der Waals surface area (Å²) in [6, 6.07) is 4.45. The number of hydrogen-bond acceptors (Lipinski definition) is 3. The van der Waals surface area contributed by atoms with Crippen LogP contribution in [0, 0.1) is 17.7 Å². The first-order valence-electron chi connectivity index (χ1n) is 6.62. The summed E-state index contributed by atoms with van der Waals surface area (Å²) in [6.45, 7) is 3.32. The number of aliphatic hydroxyl groups excluding tert-OH is 1. The maximum atomic E-state index is 13.7. The van der Waals surface area contributed by atoms with Crippen molar-refractivity contribution in [1.29, 1.82) is 0 Å². The largest absolute Gasteiger partial charge is 0.395 e. The minimum atomic E-state index is -0.963. The van der Waals surface area contributed by atoms with Gasteiger partial charge in [0, 0.05) is 31.2 Å². The Kier molecular flexibility index (Phi) is 6.35. The number of methoxy groups -OCH3 is 1. The molecule has 0 aliphatic heterocycles. The number of carbonyl (C=O) groups excluding carboxylic acids is 1. The van der Waals surface area contributed by atoms with Gasteiger partial charge in [-0.2, -0.15) is 0 Å². The van der Waals surface area contributed by atoms with Crippen LogP contribution in [0.5, 0.6) is 0 Å². The lowest BCUT2D eigenvalue weighted by Crippen LogP contribution is -2.43. The molecule has 0 spiro atoms. The molecule has 0 heterocycles. The van der Waals surface area contributed by atoms with Crippen LogP contribution in [0.25, 0.3) is 0 Å². The highest BCUT2D eigenvalue weighted by Crippen LogP contribution is 2.12. The normalized spacial score (nSPS) is 10.7. The van der Waals surface area contributed by atoms with Crippen molar-refractivity contribution < 1.29 is 19.0 Å². The van der Waals surface area contributed by atoms with Gasteiger partial charge >= 0.3 is 0 Å². The lowest BCUT2D eigenvalue weighted by atomic mass is 10.1. The van der Waals surface area contributed by atoms with Crippen molar-refractivity contribution in [3.05, 3.63) is 35.1 Å². The molecule has 0 aliphatic carbocycles. The number of carbonyl (C=O) groups is 1. The monoisotopic (exact) mass is 293 g/mol. The zero-order valence-electron chi connectivity index (χ0n) is 12.5. The first-order chi connectivity index (χ1) is 9.90. The molecule has 1 aromatic rings. The zero-order chi connectivity index (χ0) is 15.9. The molecule has 0 aromatic heterocycles. The van der Waals surface area contributed by atoms with Gasteiger partial charge in [-0.3, -0.25) is 4.79 Å². The number of hydrogen-bond donors (Lipinski definition) is 2. The summed E-state index contributed by atoms with van der Waals surface area (Å²) < 4.78 is 18.8. The van der Waals surface area contributed by atoms with Gasteiger partial charge in [-0.05, 0) is 32.0 Å². The zero-order valence-corrected chi connectivity index (χ0v) is 12.5. The van der Waals surface area contributed by atoms with Crippen molar-refractivity contribution in [3.63, 3.8) is 0 Å². The second kappa shape index (κ2) is 7.77. The van der Waals surface area contributed by atoms with Crippen LogP contribution in [-0.4, -0.2) is 30.3 Å². The third-order valence-electron chi connectivity index (χ3n) is 3.01. The minimum Gasteiger partial charge on any atom is -0.395 e. The summed E-state index contributed by atoms with van der Waals surface area (Å²) in [5.74, 6) is 4.87. The fourth-order valence-electron chi connectivity index (χ4n) is 1.49. The molecule has 0 fully saturated rings. The summed E-state index contributed by atoms with van der Waals surface area (Å²) in [5.41, 5.74) is 0.0285. The van der Waals surface area contributed by atoms with Crippen molar-refractivity contribution in [2.75, 3.05) is 13.7 Å². The van der Waals surface area contributed by atoms with Gasteiger partial charge in [0.1, 0.15) is 11.4 Å². The highest BCUT2D eigenvalue weighted by molar-refractivity contribution is 5.84. The van der Waals surface area contributed by atoms with E-state index in [0.717, 1.165) is 0 Å². The molecule has 21 heavy (non-hydrogen) atoms. The molecule has 0 aliphatic rings. The maximum Gasteiger partial charge on any atom is 0.251 e. The van der Waals surface area contributed by atoms with Crippen LogP contribution in [-0.2, 0) is 16.1 Å². The number of benzene rings is 1. The molecule has 0 saturated carbocycles. The van der Waals surface area contributed by atoms with Crippen LogP contribution in [0.2, 0.25) is 0 Å². The number of ether oxygens (including phenoxy) is 1. The van der Waals surface area contributed by atoms with E-state index in [0.29, 0.717) is 17.5 Å². The van der Waals surface area contributed by atoms with Crippen molar-refractivity contribution in [3.8, 4) is 11.8 Å². The van der Waals surface area contributed by atoms with Crippen LogP contribution >= 0.6 is 0 Å². The van der Waals surface area contributed by atoms with Crippen molar-refractivity contribution >= 4 is 5.91 Å². The van der Waals surface area contributed by atoms with Gasteiger partial charge in [0.2, 0.25) is 0 Å². The standard InChI is InChI=1S/C16H20FNO3/c1-16(2,21-3)15(20)18-11-13-10-12(6-4-5-9-19)7-8-14(13)17/h7-8,10,19H,5,9,11H2,1-3H3,(H,18,20). The van der Waals surface area contributed by atoms with E-state index >= 15 is 0 Å². The number of halogens is 1. The van der Waals surface area contributed by atoms with Gasteiger partial charge in [-0.25, -0.2) is 4.39 Å². The van der Waals surface area contributed by atoms with E-state index < -0.39 is 11.4 Å². The van der Waals surface area contributed by atoms with Crippen LogP contribution in [0.15, 0.2) is 18.2 Å². The van der Waals surface area contributed by atoms with Crippen LogP contribution in [0.1, 0.15) is 31.4 Å². The van der Waals surface area contributed by atoms with E-state index in [4.69, 9.17) is 9.84 Å². The summed E-state index contributed by atoms with van der Waals surface area (Å²) in [5, 5.41) is 11.3. The number of rotatable bonds is 5. The van der Waals surface area contributed by atoms with Crippen LogP contribution in [0.3, 0.4) is 0 Å². The van der Waals surface area contributed by atoms with Gasteiger partial charge in [0.25, 0.3) is 5.91 Å². The Bertz CT molecular complexity index is 558. The van der Waals surface area contributed by atoms with Crippen LogP contribution in [0.4, 0.5) is 4.39 Å². The molecular weight excluding hydrogens is 273 g/mol. The molecule has 1 rings (SSSR count). The fourth-order valence-corrected chi connectivity index (χ4v) is 1.49. The molecule has 0 atom stereocenters. The lowest BCUT2D eigenvalue weighted by Gasteiger charge is -2.21. The molecule has 1 amide bonds. The van der Waals surface area contributed by atoms with E-state index in [1.807, 2.05) is 0 Å². The number of aliphatic hydroxyl groups is 1. The average molecular weight is 293 g/mol. The predicted octanol–water partition coefficient (Wildman–Crippen LogP) is 1.60. The molecule has 0 unspecified atom stereocenters. The van der Waals surface area contributed by atoms with Crippen LogP contribution < -0.4 is 5.32 Å². The van der Waals surface area contributed by atoms with Crippen molar-refractivity contribution in [2.45, 2.75) is 32.4 Å². The Morgan fingerprint density at radius 1 is 1.48 bits per heavy atom. The minimum absolute atomic E-state index is 0.0107. The SMILES string of the molecule is COC(C)(C)C(=O)NCc1cc(C#CCCO)ccc1F. The van der Waals surface area contributed by atoms with Crippen molar-refractivity contribution in [2.24, 2.45) is 0 Å². The Hall–Kier alpha value is -1.90. The topological polar surface area (TPSA) is 58.6 Å². The van der Waals surface area contributed by atoms with Crippen molar-refractivity contribution in [1.82, 2.24) is 5.32 Å². The third kappa shape index (κ3) is 5.18. The molecule has 1 aromatic carbocycles. The quantitative estimate of drug-likeness (QED) is 0.811. The van der Waals surface area contributed by atoms with Gasteiger partial charge in [-0.15, -0.1) is 0 Å². The Labute approximate surface area is 124 Å². The van der Waals surface area contributed by atoms with E-state index in [1.54, 1.807) is 26.0 Å². The third-order valence-corrected chi connectivity index (χ3v) is 3.01. The molecule has 114 valence electrons.